The summed E-state index contributed by atoms with van der Waals surface area (Å²) in [6.07, 6.45) is 0. The Morgan fingerprint density at radius 2 is 1.21 bits per heavy atom. The van der Waals surface area contributed by atoms with Crippen molar-refractivity contribution in [2.24, 2.45) is 0 Å². The van der Waals surface area contributed by atoms with Gasteiger partial charge in [0.05, 0.1) is 0 Å². The van der Waals surface area contributed by atoms with Gasteiger partial charge in [-0.2, -0.15) is 0 Å². The van der Waals surface area contributed by atoms with Crippen LogP contribution in [0.5, 0.6) is 0 Å². The minimum atomic E-state index is 0.0573. The van der Waals surface area contributed by atoms with Crippen molar-refractivity contribution in [2.75, 3.05) is 0 Å². The lowest BCUT2D eigenvalue weighted by Gasteiger charge is -2.32. The van der Waals surface area contributed by atoms with Gasteiger partial charge in [-0.15, -0.1) is 0 Å². The van der Waals surface area contributed by atoms with Gasteiger partial charge in [-0.1, -0.05) is 89.5 Å². The predicted molar refractivity (Wildman–Crippen MR) is 109 cm³/mol. The van der Waals surface area contributed by atoms with E-state index in [0.29, 0.717) is 0 Å². The Morgan fingerprint density at radius 3 is 1.75 bits per heavy atom. The summed E-state index contributed by atoms with van der Waals surface area (Å²) in [6.45, 7) is 18.7. The Bertz CT molecular complexity index is 811. The molecule has 0 spiro atoms. The van der Waals surface area contributed by atoms with E-state index in [9.17, 15) is 0 Å². The molecule has 1 aliphatic carbocycles. The summed E-state index contributed by atoms with van der Waals surface area (Å²) in [5.74, 6) is 0. The molecule has 0 saturated heterocycles. The summed E-state index contributed by atoms with van der Waals surface area (Å²) in [5.41, 5.74) is 8.98. The van der Waals surface area contributed by atoms with E-state index in [4.69, 9.17) is 0 Å². The van der Waals surface area contributed by atoms with Crippen molar-refractivity contribution in [3.8, 4) is 11.1 Å². The van der Waals surface area contributed by atoms with Gasteiger partial charge in [-0.3, -0.25) is 0 Å². The predicted octanol–water partition coefficient (Wildman–Crippen LogP) is 7.35. The van der Waals surface area contributed by atoms with Crippen LogP contribution >= 0.6 is 15.9 Å². The van der Waals surface area contributed by atoms with E-state index in [1.807, 2.05) is 0 Å². The van der Waals surface area contributed by atoms with Crippen LogP contribution in [0.2, 0.25) is 0 Å². The first-order valence-electron chi connectivity index (χ1n) is 8.83. The average Bonchev–Trinajstić information content (AvgIpc) is 2.64. The molecule has 0 nitrogen and oxygen atoms in total. The lowest BCUT2D eigenvalue weighted by Crippen LogP contribution is -2.24. The molecule has 2 aromatic carbocycles. The van der Waals surface area contributed by atoms with Crippen molar-refractivity contribution in [3.05, 3.63) is 57.1 Å². The van der Waals surface area contributed by atoms with Crippen LogP contribution in [-0.2, 0) is 16.2 Å². The van der Waals surface area contributed by atoms with Crippen molar-refractivity contribution in [1.82, 2.24) is 0 Å². The van der Waals surface area contributed by atoms with Gasteiger partial charge in [0.2, 0.25) is 0 Å². The fraction of sp³-hybridized carbons (Fsp3) is 0.478. The topological polar surface area (TPSA) is 0 Å². The first kappa shape index (κ1) is 17.7. The third-order valence-electron chi connectivity index (χ3n) is 5.39. The molecule has 0 saturated carbocycles. The molecular weight excluding hydrogens is 356 g/mol. The Kier molecular flexibility index (Phi) is 3.85. The molecule has 0 bridgehead atoms. The Hall–Kier alpha value is -1.08. The van der Waals surface area contributed by atoms with Crippen LogP contribution in [0.25, 0.3) is 11.1 Å². The summed E-state index contributed by atoms with van der Waals surface area (Å²) in [5, 5.41) is 0. The Balaban J connectivity index is 2.40. The standard InChI is InChI=1S/C23H29Br/c1-21(2,3)19-12-16-15-11-14(24)9-10-17(15)23(7,8)18(16)13-20(19)22(4,5)6/h9-13H,1-8H3. The van der Waals surface area contributed by atoms with Crippen LogP contribution < -0.4 is 0 Å². The second-order valence-corrected chi connectivity index (χ2v) is 10.7. The molecule has 2 aromatic rings. The summed E-state index contributed by atoms with van der Waals surface area (Å²) in [6, 6.07) is 11.7. The molecular formula is C23H29Br. The van der Waals surface area contributed by atoms with Gasteiger partial charge >= 0.3 is 0 Å². The molecule has 0 radical (unpaired) electrons. The maximum absolute atomic E-state index is 3.66. The maximum Gasteiger partial charge on any atom is 0.0181 e. The zero-order valence-corrected chi connectivity index (χ0v) is 17.9. The van der Waals surface area contributed by atoms with E-state index in [2.05, 4.69) is 102 Å². The van der Waals surface area contributed by atoms with E-state index >= 15 is 0 Å². The number of hydrogen-bond acceptors (Lipinski definition) is 0. The van der Waals surface area contributed by atoms with Crippen LogP contribution in [-0.4, -0.2) is 0 Å². The van der Waals surface area contributed by atoms with E-state index in [1.54, 1.807) is 0 Å². The highest BCUT2D eigenvalue weighted by Crippen LogP contribution is 2.52. The quantitative estimate of drug-likeness (QED) is 0.445. The molecule has 24 heavy (non-hydrogen) atoms. The smallest absolute Gasteiger partial charge is 0.0181 e. The Labute approximate surface area is 155 Å². The lowest BCUT2D eigenvalue weighted by molar-refractivity contribution is 0.527. The van der Waals surface area contributed by atoms with Gasteiger partial charge in [0, 0.05) is 9.89 Å². The molecule has 1 heteroatoms. The minimum Gasteiger partial charge on any atom is -0.0564 e. The summed E-state index contributed by atoms with van der Waals surface area (Å²) in [4.78, 5) is 0. The molecule has 1 aliphatic rings. The van der Waals surface area contributed by atoms with Gasteiger partial charge in [0.25, 0.3) is 0 Å². The molecule has 3 rings (SSSR count). The molecule has 128 valence electrons. The van der Waals surface area contributed by atoms with Crippen LogP contribution in [0, 0.1) is 0 Å². The van der Waals surface area contributed by atoms with Crippen LogP contribution in [0.4, 0.5) is 0 Å². The van der Waals surface area contributed by atoms with Gasteiger partial charge in [0.15, 0.2) is 0 Å². The third kappa shape index (κ3) is 2.65. The second-order valence-electron chi connectivity index (χ2n) is 9.76. The highest BCUT2D eigenvalue weighted by Gasteiger charge is 2.38. The summed E-state index contributed by atoms with van der Waals surface area (Å²) >= 11 is 3.66. The lowest BCUT2D eigenvalue weighted by atomic mass is 9.72. The SMILES string of the molecule is CC(C)(C)c1cc2c(cc1C(C)(C)C)C(C)(C)c1ccc(Br)cc1-2. The fourth-order valence-corrected chi connectivity index (χ4v) is 4.37. The second kappa shape index (κ2) is 5.21. The van der Waals surface area contributed by atoms with Crippen LogP contribution in [0.1, 0.15) is 77.6 Å². The number of benzene rings is 2. The van der Waals surface area contributed by atoms with Crippen molar-refractivity contribution in [3.63, 3.8) is 0 Å². The largest absolute Gasteiger partial charge is 0.0564 e. The van der Waals surface area contributed by atoms with Crippen LogP contribution in [0.15, 0.2) is 34.8 Å². The van der Waals surface area contributed by atoms with Gasteiger partial charge in [-0.05, 0) is 56.3 Å². The highest BCUT2D eigenvalue weighted by molar-refractivity contribution is 9.10. The normalized spacial score (nSPS) is 16.0. The average molecular weight is 385 g/mol. The molecule has 0 aromatic heterocycles. The minimum absolute atomic E-state index is 0.0573. The maximum atomic E-state index is 3.66. The van der Waals surface area contributed by atoms with E-state index in [1.165, 1.54) is 33.4 Å². The first-order valence-corrected chi connectivity index (χ1v) is 9.62. The molecule has 0 N–H and O–H groups in total. The van der Waals surface area contributed by atoms with E-state index < -0.39 is 0 Å². The van der Waals surface area contributed by atoms with Gasteiger partial charge in [-0.25, -0.2) is 0 Å². The number of rotatable bonds is 0. The summed E-state index contributed by atoms with van der Waals surface area (Å²) < 4.78 is 1.15. The zero-order valence-electron chi connectivity index (χ0n) is 16.3. The van der Waals surface area contributed by atoms with Crippen molar-refractivity contribution in [1.29, 1.82) is 0 Å². The molecule has 0 amide bonds. The molecule has 0 aliphatic heterocycles. The van der Waals surface area contributed by atoms with E-state index in [0.717, 1.165) is 4.47 Å². The molecule has 0 fully saturated rings. The molecule has 0 unspecified atom stereocenters. The third-order valence-corrected chi connectivity index (χ3v) is 5.89. The van der Waals surface area contributed by atoms with Crippen molar-refractivity contribution < 1.29 is 0 Å². The zero-order chi connectivity index (χ0) is 18.1. The van der Waals surface area contributed by atoms with Crippen LogP contribution in [0.3, 0.4) is 0 Å². The summed E-state index contributed by atoms with van der Waals surface area (Å²) in [7, 11) is 0. The number of fused-ring (bicyclic) bond motifs is 3. The monoisotopic (exact) mass is 384 g/mol. The molecule has 0 atom stereocenters. The Morgan fingerprint density at radius 1 is 0.708 bits per heavy atom. The fourth-order valence-electron chi connectivity index (χ4n) is 4.01. The number of halogens is 1. The van der Waals surface area contributed by atoms with Crippen molar-refractivity contribution in [2.45, 2.75) is 71.6 Å². The van der Waals surface area contributed by atoms with E-state index in [-0.39, 0.29) is 16.2 Å². The number of hydrogen-bond donors (Lipinski definition) is 0. The molecule has 0 heterocycles. The van der Waals surface area contributed by atoms with Crippen molar-refractivity contribution >= 4 is 15.9 Å². The van der Waals surface area contributed by atoms with Gasteiger partial charge < -0.3 is 0 Å². The highest BCUT2D eigenvalue weighted by atomic mass is 79.9. The van der Waals surface area contributed by atoms with Gasteiger partial charge in [0.1, 0.15) is 0 Å². The first-order chi connectivity index (χ1) is 10.8.